The Labute approximate surface area is 146 Å². The molecule has 0 radical (unpaired) electrons. The Kier molecular flexibility index (Phi) is 4.52. The van der Waals surface area contributed by atoms with Gasteiger partial charge in [-0.05, 0) is 48.2 Å². The molecule has 2 aliphatic heterocycles. The predicted molar refractivity (Wildman–Crippen MR) is 93.3 cm³/mol. The number of aromatic nitrogens is 2. The summed E-state index contributed by atoms with van der Waals surface area (Å²) in [6.45, 7) is 6.52. The van der Waals surface area contributed by atoms with Gasteiger partial charge in [0.2, 0.25) is 0 Å². The summed E-state index contributed by atoms with van der Waals surface area (Å²) in [6, 6.07) is 4.58. The minimum Gasteiger partial charge on any atom is -0.463 e. The first-order chi connectivity index (χ1) is 11.7. The van der Waals surface area contributed by atoms with Crippen LogP contribution in [-0.4, -0.2) is 47.3 Å². The Bertz CT molecular complexity index is 679. The molecule has 2 fully saturated rings. The van der Waals surface area contributed by atoms with Crippen molar-refractivity contribution in [3.8, 4) is 6.01 Å². The van der Waals surface area contributed by atoms with Crippen molar-refractivity contribution in [3.05, 3.63) is 40.3 Å². The van der Waals surface area contributed by atoms with Gasteiger partial charge < -0.3 is 9.47 Å². The number of likely N-dealkylation sites (tertiary alicyclic amines) is 1. The van der Waals surface area contributed by atoms with Crippen LogP contribution < -0.4 is 4.74 Å². The average Bonchev–Trinajstić information content (AvgIpc) is 3.22. The molecule has 2 atom stereocenters. The fourth-order valence-corrected chi connectivity index (χ4v) is 4.49. The maximum Gasteiger partial charge on any atom is 0.316 e. The van der Waals surface area contributed by atoms with E-state index in [9.17, 15) is 0 Å². The molecule has 2 aliphatic rings. The Morgan fingerprint density at radius 1 is 1.46 bits per heavy atom. The fraction of sp³-hybridized carbons (Fsp3) is 0.556. The van der Waals surface area contributed by atoms with Crippen molar-refractivity contribution < 1.29 is 9.47 Å². The molecular formula is C18H23N3O2S. The van der Waals surface area contributed by atoms with E-state index in [1.54, 1.807) is 17.5 Å². The lowest BCUT2D eigenvalue weighted by atomic mass is 9.77. The molecule has 0 amide bonds. The molecule has 6 heteroatoms. The van der Waals surface area contributed by atoms with E-state index < -0.39 is 0 Å². The topological polar surface area (TPSA) is 47.5 Å². The number of rotatable bonds is 5. The second-order valence-corrected chi connectivity index (χ2v) is 7.65. The minimum absolute atomic E-state index is 0.0569. The number of hydrogen-bond acceptors (Lipinski definition) is 6. The fourth-order valence-electron chi connectivity index (χ4n) is 3.83. The lowest BCUT2D eigenvalue weighted by Gasteiger charge is -2.43. The molecule has 2 saturated heterocycles. The Balaban J connectivity index is 1.45. The minimum atomic E-state index is 0.0569. The number of hydrogen-bond donors (Lipinski definition) is 0. The van der Waals surface area contributed by atoms with Gasteiger partial charge in [0.25, 0.3) is 0 Å². The van der Waals surface area contributed by atoms with Gasteiger partial charge in [0.15, 0.2) is 0 Å². The number of thiophene rings is 1. The summed E-state index contributed by atoms with van der Waals surface area (Å²) in [5.41, 5.74) is 2.39. The first-order valence-electron chi connectivity index (χ1n) is 8.51. The van der Waals surface area contributed by atoms with Gasteiger partial charge in [-0.15, -0.1) is 0 Å². The maximum atomic E-state index is 6.01. The van der Waals surface area contributed by atoms with E-state index in [0.29, 0.717) is 18.7 Å². The highest BCUT2D eigenvalue weighted by Crippen LogP contribution is 2.41. The van der Waals surface area contributed by atoms with E-state index in [2.05, 4.69) is 31.7 Å². The van der Waals surface area contributed by atoms with Gasteiger partial charge in [-0.3, -0.25) is 4.90 Å². The summed E-state index contributed by atoms with van der Waals surface area (Å²) in [5, 5.41) is 4.38. The molecule has 0 N–H and O–H groups in total. The first kappa shape index (κ1) is 16.0. The smallest absolute Gasteiger partial charge is 0.316 e. The molecule has 0 spiro atoms. The zero-order chi connectivity index (χ0) is 16.4. The second kappa shape index (κ2) is 6.78. The monoisotopic (exact) mass is 345 g/mol. The summed E-state index contributed by atoms with van der Waals surface area (Å²) in [6.07, 6.45) is 4.16. The van der Waals surface area contributed by atoms with Gasteiger partial charge in [-0.25, -0.2) is 9.97 Å². The lowest BCUT2D eigenvalue weighted by Crippen LogP contribution is -2.52. The van der Waals surface area contributed by atoms with Crippen LogP contribution in [0.4, 0.5) is 0 Å². The van der Waals surface area contributed by atoms with Crippen LogP contribution in [0.3, 0.4) is 0 Å². The molecular weight excluding hydrogens is 322 g/mol. The number of piperidine rings is 1. The van der Waals surface area contributed by atoms with E-state index in [1.807, 2.05) is 13.0 Å². The van der Waals surface area contributed by atoms with Crippen molar-refractivity contribution in [1.82, 2.24) is 14.9 Å². The SMILES string of the molecule is Cc1ccnc(OC[C@@]23CCO[C@@H]2CCN(Cc2ccsc2)C3)n1. The van der Waals surface area contributed by atoms with Gasteiger partial charge in [0.05, 0.1) is 6.10 Å². The summed E-state index contributed by atoms with van der Waals surface area (Å²) >= 11 is 1.76. The highest BCUT2D eigenvalue weighted by Gasteiger charge is 2.48. The highest BCUT2D eigenvalue weighted by molar-refractivity contribution is 7.07. The lowest BCUT2D eigenvalue weighted by molar-refractivity contribution is -0.0427. The summed E-state index contributed by atoms with van der Waals surface area (Å²) in [7, 11) is 0. The van der Waals surface area contributed by atoms with Crippen molar-refractivity contribution in [1.29, 1.82) is 0 Å². The third-order valence-electron chi connectivity index (χ3n) is 5.10. The highest BCUT2D eigenvalue weighted by atomic mass is 32.1. The van der Waals surface area contributed by atoms with E-state index in [1.165, 1.54) is 5.56 Å². The van der Waals surface area contributed by atoms with Crippen molar-refractivity contribution in [2.24, 2.45) is 5.41 Å². The zero-order valence-electron chi connectivity index (χ0n) is 14.0. The molecule has 24 heavy (non-hydrogen) atoms. The van der Waals surface area contributed by atoms with Crippen molar-refractivity contribution in [2.75, 3.05) is 26.3 Å². The van der Waals surface area contributed by atoms with Crippen LogP contribution in [0.15, 0.2) is 29.1 Å². The molecule has 4 rings (SSSR count). The van der Waals surface area contributed by atoms with E-state index in [0.717, 1.165) is 44.8 Å². The van der Waals surface area contributed by atoms with Crippen molar-refractivity contribution in [3.63, 3.8) is 0 Å². The third kappa shape index (κ3) is 3.31. The number of fused-ring (bicyclic) bond motifs is 1. The van der Waals surface area contributed by atoms with E-state index >= 15 is 0 Å². The van der Waals surface area contributed by atoms with Crippen LogP contribution in [0.5, 0.6) is 6.01 Å². The van der Waals surface area contributed by atoms with Crippen LogP contribution in [0, 0.1) is 12.3 Å². The predicted octanol–water partition coefficient (Wildman–Crippen LogP) is 2.91. The number of aryl methyl sites for hydroxylation is 1. The largest absolute Gasteiger partial charge is 0.463 e. The van der Waals surface area contributed by atoms with Gasteiger partial charge in [-0.2, -0.15) is 11.3 Å². The Morgan fingerprint density at radius 2 is 2.42 bits per heavy atom. The normalized spacial score (nSPS) is 27.1. The Hall–Kier alpha value is -1.50. The summed E-state index contributed by atoms with van der Waals surface area (Å²) in [4.78, 5) is 11.1. The molecule has 0 unspecified atom stereocenters. The van der Waals surface area contributed by atoms with Gasteiger partial charge in [-0.1, -0.05) is 0 Å². The maximum absolute atomic E-state index is 6.01. The summed E-state index contributed by atoms with van der Waals surface area (Å²) < 4.78 is 12.0. The third-order valence-corrected chi connectivity index (χ3v) is 5.83. The van der Waals surface area contributed by atoms with Crippen LogP contribution in [0.1, 0.15) is 24.1 Å². The van der Waals surface area contributed by atoms with Gasteiger partial charge >= 0.3 is 6.01 Å². The van der Waals surface area contributed by atoms with E-state index in [4.69, 9.17) is 9.47 Å². The Morgan fingerprint density at radius 3 is 3.25 bits per heavy atom. The van der Waals surface area contributed by atoms with E-state index in [-0.39, 0.29) is 5.41 Å². The van der Waals surface area contributed by atoms with Gasteiger partial charge in [0.1, 0.15) is 6.61 Å². The molecule has 0 aromatic carbocycles. The number of nitrogens with zero attached hydrogens (tertiary/aromatic N) is 3. The van der Waals surface area contributed by atoms with Crippen LogP contribution in [-0.2, 0) is 11.3 Å². The van der Waals surface area contributed by atoms with Crippen molar-refractivity contribution >= 4 is 11.3 Å². The molecule has 0 aliphatic carbocycles. The zero-order valence-corrected chi connectivity index (χ0v) is 14.8. The molecule has 128 valence electrons. The first-order valence-corrected chi connectivity index (χ1v) is 9.45. The summed E-state index contributed by atoms with van der Waals surface area (Å²) in [5.74, 6) is 0. The standard InChI is InChI=1S/C18H23N3O2S/c1-14-2-6-19-17(20-14)23-13-18-5-8-22-16(18)3-7-21(12-18)10-15-4-9-24-11-15/h2,4,6,9,11,16H,3,5,7-8,10,12-13H2,1H3/t16-,18+/m1/s1. The second-order valence-electron chi connectivity index (χ2n) is 6.87. The quantitative estimate of drug-likeness (QED) is 0.834. The van der Waals surface area contributed by atoms with Crippen LogP contribution in [0.2, 0.25) is 0 Å². The molecule has 0 saturated carbocycles. The molecule has 0 bridgehead atoms. The number of ether oxygens (including phenoxy) is 2. The molecule has 2 aromatic heterocycles. The van der Waals surface area contributed by atoms with Crippen molar-refractivity contribution in [2.45, 2.75) is 32.4 Å². The average molecular weight is 345 g/mol. The molecule has 4 heterocycles. The van der Waals surface area contributed by atoms with Gasteiger partial charge in [0, 0.05) is 43.5 Å². The van der Waals surface area contributed by atoms with Crippen LogP contribution >= 0.6 is 11.3 Å². The van der Waals surface area contributed by atoms with Crippen LogP contribution in [0.25, 0.3) is 0 Å². The molecule has 2 aromatic rings. The molecule has 5 nitrogen and oxygen atoms in total.